The number of unbranched alkanes of at least 4 members (excludes halogenated alkanes) is 2. The highest BCUT2D eigenvalue weighted by molar-refractivity contribution is 5.75. The Balaban J connectivity index is 1.87. The Morgan fingerprint density at radius 1 is 1.29 bits per heavy atom. The SMILES string of the molecule is NCCCCCC(=O)NCC1CCC1. The Morgan fingerprint density at radius 2 is 2.07 bits per heavy atom. The van der Waals surface area contributed by atoms with Crippen LogP contribution in [-0.4, -0.2) is 19.0 Å². The van der Waals surface area contributed by atoms with Crippen LogP contribution < -0.4 is 11.1 Å². The first-order valence-electron chi connectivity index (χ1n) is 5.79. The lowest BCUT2D eigenvalue weighted by molar-refractivity contribution is -0.121. The first-order valence-corrected chi connectivity index (χ1v) is 5.79. The van der Waals surface area contributed by atoms with Crippen LogP contribution in [-0.2, 0) is 4.79 Å². The predicted octanol–water partition coefficient (Wildman–Crippen LogP) is 1.42. The van der Waals surface area contributed by atoms with Gasteiger partial charge in [0, 0.05) is 13.0 Å². The highest BCUT2D eigenvalue weighted by Gasteiger charge is 2.17. The van der Waals surface area contributed by atoms with Crippen molar-refractivity contribution in [1.82, 2.24) is 5.32 Å². The van der Waals surface area contributed by atoms with E-state index in [0.717, 1.165) is 38.3 Å². The van der Waals surface area contributed by atoms with Crippen molar-refractivity contribution in [3.05, 3.63) is 0 Å². The summed E-state index contributed by atoms with van der Waals surface area (Å²) in [4.78, 5) is 11.3. The fourth-order valence-corrected chi connectivity index (χ4v) is 1.65. The molecule has 0 aromatic carbocycles. The van der Waals surface area contributed by atoms with Gasteiger partial charge < -0.3 is 11.1 Å². The molecule has 0 heterocycles. The topological polar surface area (TPSA) is 55.1 Å². The number of nitrogens with one attached hydrogen (secondary N) is 1. The maximum Gasteiger partial charge on any atom is 0.220 e. The van der Waals surface area contributed by atoms with Gasteiger partial charge in [0.1, 0.15) is 0 Å². The zero-order chi connectivity index (χ0) is 10.2. The highest BCUT2D eigenvalue weighted by atomic mass is 16.1. The lowest BCUT2D eigenvalue weighted by Crippen LogP contribution is -2.31. The van der Waals surface area contributed by atoms with Crippen LogP contribution in [0, 0.1) is 5.92 Å². The second-order valence-electron chi connectivity index (χ2n) is 4.20. The molecule has 3 heteroatoms. The molecule has 0 radical (unpaired) electrons. The molecule has 1 amide bonds. The monoisotopic (exact) mass is 198 g/mol. The van der Waals surface area contributed by atoms with Gasteiger partial charge in [-0.1, -0.05) is 12.8 Å². The van der Waals surface area contributed by atoms with Crippen molar-refractivity contribution >= 4 is 5.91 Å². The zero-order valence-corrected chi connectivity index (χ0v) is 8.93. The van der Waals surface area contributed by atoms with Crippen LogP contribution in [0.2, 0.25) is 0 Å². The van der Waals surface area contributed by atoms with Crippen molar-refractivity contribution in [3.63, 3.8) is 0 Å². The van der Waals surface area contributed by atoms with Crippen LogP contribution in [0.5, 0.6) is 0 Å². The molecule has 0 aliphatic heterocycles. The first-order chi connectivity index (χ1) is 6.83. The summed E-state index contributed by atoms with van der Waals surface area (Å²) in [6.07, 6.45) is 7.71. The minimum atomic E-state index is 0.217. The lowest BCUT2D eigenvalue weighted by Gasteiger charge is -2.25. The number of rotatable bonds is 7. The standard InChI is InChI=1S/C11H22N2O/c12-8-3-1-2-7-11(14)13-9-10-5-4-6-10/h10H,1-9,12H2,(H,13,14). The number of carbonyl (C=O) groups excluding carboxylic acids is 1. The van der Waals surface area contributed by atoms with E-state index >= 15 is 0 Å². The molecule has 3 N–H and O–H groups in total. The molecule has 14 heavy (non-hydrogen) atoms. The number of nitrogens with two attached hydrogens (primary N) is 1. The third-order valence-electron chi connectivity index (χ3n) is 2.92. The van der Waals surface area contributed by atoms with E-state index in [-0.39, 0.29) is 5.91 Å². The summed E-state index contributed by atoms with van der Waals surface area (Å²) in [5.74, 6) is 0.983. The average molecular weight is 198 g/mol. The second-order valence-corrected chi connectivity index (χ2v) is 4.20. The maximum atomic E-state index is 11.3. The molecule has 0 saturated heterocycles. The molecule has 1 fully saturated rings. The zero-order valence-electron chi connectivity index (χ0n) is 8.93. The molecule has 1 aliphatic carbocycles. The highest BCUT2D eigenvalue weighted by Crippen LogP contribution is 2.25. The van der Waals surface area contributed by atoms with Crippen LogP contribution in [0.4, 0.5) is 0 Å². The maximum absolute atomic E-state index is 11.3. The van der Waals surface area contributed by atoms with E-state index in [4.69, 9.17) is 5.73 Å². The van der Waals surface area contributed by atoms with Gasteiger partial charge in [-0.3, -0.25) is 4.79 Å². The van der Waals surface area contributed by atoms with E-state index < -0.39 is 0 Å². The van der Waals surface area contributed by atoms with Crippen molar-refractivity contribution in [2.75, 3.05) is 13.1 Å². The van der Waals surface area contributed by atoms with Crippen LogP contribution in [0.3, 0.4) is 0 Å². The average Bonchev–Trinajstić information content (AvgIpc) is 2.10. The molecular weight excluding hydrogens is 176 g/mol. The van der Waals surface area contributed by atoms with Crippen molar-refractivity contribution in [2.45, 2.75) is 44.9 Å². The van der Waals surface area contributed by atoms with Gasteiger partial charge in [0.2, 0.25) is 5.91 Å². The normalized spacial score (nSPS) is 16.4. The van der Waals surface area contributed by atoms with Gasteiger partial charge in [-0.05, 0) is 38.1 Å². The van der Waals surface area contributed by atoms with Gasteiger partial charge >= 0.3 is 0 Å². The Kier molecular flexibility index (Phi) is 5.60. The molecule has 82 valence electrons. The number of carbonyl (C=O) groups is 1. The molecule has 0 atom stereocenters. The van der Waals surface area contributed by atoms with Crippen LogP contribution in [0.15, 0.2) is 0 Å². The van der Waals surface area contributed by atoms with Gasteiger partial charge in [0.15, 0.2) is 0 Å². The molecule has 0 spiro atoms. The van der Waals surface area contributed by atoms with E-state index in [0.29, 0.717) is 6.42 Å². The minimum Gasteiger partial charge on any atom is -0.356 e. The number of hydrogen-bond donors (Lipinski definition) is 2. The fourth-order valence-electron chi connectivity index (χ4n) is 1.65. The van der Waals surface area contributed by atoms with Gasteiger partial charge in [-0.25, -0.2) is 0 Å². The summed E-state index contributed by atoms with van der Waals surface area (Å²) in [6.45, 7) is 1.64. The second kappa shape index (κ2) is 6.82. The summed E-state index contributed by atoms with van der Waals surface area (Å²) >= 11 is 0. The third kappa shape index (κ3) is 4.61. The summed E-state index contributed by atoms with van der Waals surface area (Å²) in [7, 11) is 0. The molecule has 0 aromatic heterocycles. The lowest BCUT2D eigenvalue weighted by atomic mass is 9.85. The largest absolute Gasteiger partial charge is 0.356 e. The van der Waals surface area contributed by atoms with Gasteiger partial charge in [0.25, 0.3) is 0 Å². The van der Waals surface area contributed by atoms with Gasteiger partial charge in [-0.15, -0.1) is 0 Å². The van der Waals surface area contributed by atoms with E-state index in [1.54, 1.807) is 0 Å². The van der Waals surface area contributed by atoms with Crippen LogP contribution in [0.25, 0.3) is 0 Å². The summed E-state index contributed by atoms with van der Waals surface area (Å²) in [5.41, 5.74) is 5.37. The molecule has 1 saturated carbocycles. The van der Waals surface area contributed by atoms with Gasteiger partial charge in [-0.2, -0.15) is 0 Å². The fraction of sp³-hybridized carbons (Fsp3) is 0.909. The molecule has 0 unspecified atom stereocenters. The molecule has 0 aromatic rings. The van der Waals surface area contributed by atoms with E-state index in [1.165, 1.54) is 19.3 Å². The van der Waals surface area contributed by atoms with Crippen molar-refractivity contribution in [1.29, 1.82) is 0 Å². The third-order valence-corrected chi connectivity index (χ3v) is 2.92. The predicted molar refractivity (Wildman–Crippen MR) is 57.9 cm³/mol. The Morgan fingerprint density at radius 3 is 2.64 bits per heavy atom. The molecule has 1 aliphatic rings. The van der Waals surface area contributed by atoms with E-state index in [2.05, 4.69) is 5.32 Å². The molecular formula is C11H22N2O. The van der Waals surface area contributed by atoms with Crippen LogP contribution >= 0.6 is 0 Å². The van der Waals surface area contributed by atoms with Crippen molar-refractivity contribution in [3.8, 4) is 0 Å². The quantitative estimate of drug-likeness (QED) is 0.608. The van der Waals surface area contributed by atoms with E-state index in [9.17, 15) is 4.79 Å². The van der Waals surface area contributed by atoms with Crippen molar-refractivity contribution < 1.29 is 4.79 Å². The number of amides is 1. The van der Waals surface area contributed by atoms with Crippen molar-refractivity contribution in [2.24, 2.45) is 11.7 Å². The summed E-state index contributed by atoms with van der Waals surface area (Å²) in [6, 6.07) is 0. The number of hydrogen-bond acceptors (Lipinski definition) is 2. The molecule has 3 nitrogen and oxygen atoms in total. The Bertz CT molecular complexity index is 167. The van der Waals surface area contributed by atoms with Crippen LogP contribution in [0.1, 0.15) is 44.9 Å². The van der Waals surface area contributed by atoms with Gasteiger partial charge in [0.05, 0.1) is 0 Å². The van der Waals surface area contributed by atoms with E-state index in [1.807, 2.05) is 0 Å². The summed E-state index contributed by atoms with van der Waals surface area (Å²) < 4.78 is 0. The summed E-state index contributed by atoms with van der Waals surface area (Å²) in [5, 5.41) is 2.99. The first kappa shape index (κ1) is 11.5. The Hall–Kier alpha value is -0.570. The molecule has 1 rings (SSSR count). The minimum absolute atomic E-state index is 0.217. The molecule has 0 bridgehead atoms. The Labute approximate surface area is 86.4 Å². The smallest absolute Gasteiger partial charge is 0.220 e.